The summed E-state index contributed by atoms with van der Waals surface area (Å²) in [5.41, 5.74) is 3.20. The van der Waals surface area contributed by atoms with E-state index in [2.05, 4.69) is 5.32 Å². The van der Waals surface area contributed by atoms with Crippen molar-refractivity contribution in [2.24, 2.45) is 0 Å². The summed E-state index contributed by atoms with van der Waals surface area (Å²) in [6, 6.07) is 3.46. The average molecular weight is 392 g/mol. The van der Waals surface area contributed by atoms with Crippen molar-refractivity contribution in [1.29, 1.82) is 0 Å². The van der Waals surface area contributed by atoms with Gasteiger partial charge in [0.05, 0.1) is 31.9 Å². The van der Waals surface area contributed by atoms with E-state index in [1.165, 1.54) is 21.3 Å². The number of carbonyl (C=O) groups is 2. The van der Waals surface area contributed by atoms with Crippen molar-refractivity contribution in [3.8, 4) is 11.5 Å². The fourth-order valence-corrected chi connectivity index (χ4v) is 4.10. The molecule has 7 heteroatoms. The van der Waals surface area contributed by atoms with Gasteiger partial charge in [-0.2, -0.15) is 0 Å². The van der Waals surface area contributed by atoms with Crippen molar-refractivity contribution in [2.45, 2.75) is 32.1 Å². The average Bonchev–Trinajstić information content (AvgIpc) is 2.65. The fraction of sp³-hybridized carbons (Fsp3) is 0.400. The SMILES string of the molecule is COC(=O)C1=C(C)NC2=C(C(=O)CCC2)C1c1cc(Cl)c(OC)c(OC)c1. The van der Waals surface area contributed by atoms with Crippen LogP contribution in [-0.2, 0) is 14.3 Å². The van der Waals surface area contributed by atoms with Gasteiger partial charge in [-0.25, -0.2) is 4.79 Å². The van der Waals surface area contributed by atoms with Gasteiger partial charge >= 0.3 is 5.97 Å². The molecule has 0 amide bonds. The summed E-state index contributed by atoms with van der Waals surface area (Å²) < 4.78 is 15.7. The van der Waals surface area contributed by atoms with Crippen LogP contribution in [0.5, 0.6) is 11.5 Å². The van der Waals surface area contributed by atoms with E-state index in [9.17, 15) is 9.59 Å². The molecule has 1 N–H and O–H groups in total. The molecule has 0 radical (unpaired) electrons. The highest BCUT2D eigenvalue weighted by Crippen LogP contribution is 2.46. The standard InChI is InChI=1S/C20H22ClNO5/c1-10-16(20(24)27-4)17(18-13(22-10)6-5-7-14(18)23)11-8-12(21)19(26-3)15(9-11)25-2/h8-9,17,22H,5-7H2,1-4H3. The summed E-state index contributed by atoms with van der Waals surface area (Å²) in [5.74, 6) is -0.194. The predicted molar refractivity (Wildman–Crippen MR) is 101 cm³/mol. The Morgan fingerprint density at radius 3 is 2.56 bits per heavy atom. The van der Waals surface area contributed by atoms with Crippen LogP contribution in [0.2, 0.25) is 5.02 Å². The molecule has 6 nitrogen and oxygen atoms in total. The predicted octanol–water partition coefficient (Wildman–Crippen LogP) is 3.50. The van der Waals surface area contributed by atoms with E-state index in [1.807, 2.05) is 6.92 Å². The van der Waals surface area contributed by atoms with Gasteiger partial charge in [0.1, 0.15) is 0 Å². The molecule has 27 heavy (non-hydrogen) atoms. The molecule has 0 aromatic heterocycles. The molecule has 0 saturated carbocycles. The highest BCUT2D eigenvalue weighted by Gasteiger charge is 2.39. The lowest BCUT2D eigenvalue weighted by atomic mass is 9.75. The Bertz CT molecular complexity index is 871. The van der Waals surface area contributed by atoms with Gasteiger partial charge in [-0.05, 0) is 37.5 Å². The monoisotopic (exact) mass is 391 g/mol. The lowest BCUT2D eigenvalue weighted by molar-refractivity contribution is -0.136. The van der Waals surface area contributed by atoms with E-state index in [4.69, 9.17) is 25.8 Å². The van der Waals surface area contributed by atoms with Crippen molar-refractivity contribution >= 4 is 23.4 Å². The molecule has 1 aromatic rings. The van der Waals surface area contributed by atoms with Crippen LogP contribution in [0.4, 0.5) is 0 Å². The molecular formula is C20H22ClNO5. The first-order chi connectivity index (χ1) is 12.9. The van der Waals surface area contributed by atoms with E-state index in [0.717, 1.165) is 18.5 Å². The number of dihydropyridines is 1. The molecule has 0 fully saturated rings. The summed E-state index contributed by atoms with van der Waals surface area (Å²) in [6.07, 6.45) is 1.99. The minimum atomic E-state index is -0.571. The van der Waals surface area contributed by atoms with Gasteiger partial charge in [0.2, 0.25) is 0 Å². The maximum absolute atomic E-state index is 12.8. The Hall–Kier alpha value is -2.47. The number of nitrogens with one attached hydrogen (secondary N) is 1. The summed E-state index contributed by atoms with van der Waals surface area (Å²) in [4.78, 5) is 25.3. The molecule has 1 aliphatic carbocycles. The molecular weight excluding hydrogens is 370 g/mol. The zero-order chi connectivity index (χ0) is 19.7. The summed E-state index contributed by atoms with van der Waals surface area (Å²) >= 11 is 6.39. The number of hydrogen-bond donors (Lipinski definition) is 1. The topological polar surface area (TPSA) is 73.9 Å². The molecule has 0 spiro atoms. The Labute approximate surface area is 163 Å². The van der Waals surface area contributed by atoms with Crippen molar-refractivity contribution in [3.05, 3.63) is 45.3 Å². The fourth-order valence-electron chi connectivity index (χ4n) is 3.80. The minimum Gasteiger partial charge on any atom is -0.493 e. The number of esters is 1. The first-order valence-electron chi connectivity index (χ1n) is 8.66. The van der Waals surface area contributed by atoms with Crippen molar-refractivity contribution in [1.82, 2.24) is 5.32 Å². The molecule has 1 unspecified atom stereocenters. The zero-order valence-electron chi connectivity index (χ0n) is 15.8. The molecule has 0 bridgehead atoms. The Kier molecular flexibility index (Phi) is 5.46. The summed E-state index contributed by atoms with van der Waals surface area (Å²) in [5, 5.41) is 3.57. The second kappa shape index (κ2) is 7.64. The van der Waals surface area contributed by atoms with Crippen LogP contribution >= 0.6 is 11.6 Å². The number of rotatable bonds is 4. The maximum atomic E-state index is 12.8. The molecule has 3 rings (SSSR count). The highest BCUT2D eigenvalue weighted by atomic mass is 35.5. The van der Waals surface area contributed by atoms with Gasteiger partial charge in [-0.1, -0.05) is 11.6 Å². The smallest absolute Gasteiger partial charge is 0.336 e. The lowest BCUT2D eigenvalue weighted by Gasteiger charge is -2.34. The maximum Gasteiger partial charge on any atom is 0.336 e. The number of benzene rings is 1. The quantitative estimate of drug-likeness (QED) is 0.792. The van der Waals surface area contributed by atoms with Crippen molar-refractivity contribution in [2.75, 3.05) is 21.3 Å². The van der Waals surface area contributed by atoms with Crippen molar-refractivity contribution in [3.63, 3.8) is 0 Å². The Morgan fingerprint density at radius 2 is 1.93 bits per heavy atom. The zero-order valence-corrected chi connectivity index (χ0v) is 16.5. The second-order valence-electron chi connectivity index (χ2n) is 6.50. The molecule has 1 aliphatic heterocycles. The number of halogens is 1. The van der Waals surface area contributed by atoms with Crippen LogP contribution in [0.25, 0.3) is 0 Å². The number of ether oxygens (including phenoxy) is 3. The first kappa shape index (κ1) is 19.3. The van der Waals surface area contributed by atoms with Crippen LogP contribution in [0.3, 0.4) is 0 Å². The first-order valence-corrected chi connectivity index (χ1v) is 9.04. The van der Waals surface area contributed by atoms with Gasteiger partial charge in [0.25, 0.3) is 0 Å². The van der Waals surface area contributed by atoms with Crippen LogP contribution in [0, 0.1) is 0 Å². The second-order valence-corrected chi connectivity index (χ2v) is 6.90. The molecule has 0 saturated heterocycles. The highest BCUT2D eigenvalue weighted by molar-refractivity contribution is 6.32. The number of Topliss-reactive ketones (excluding diaryl/α,β-unsaturated/α-hetero) is 1. The third-order valence-corrected chi connectivity index (χ3v) is 5.25. The lowest BCUT2D eigenvalue weighted by Crippen LogP contribution is -2.34. The normalized spacial score (nSPS) is 19.4. The van der Waals surface area contributed by atoms with E-state index in [-0.39, 0.29) is 5.78 Å². The Balaban J connectivity index is 2.25. The third-order valence-electron chi connectivity index (χ3n) is 4.97. The summed E-state index contributed by atoms with van der Waals surface area (Å²) in [7, 11) is 4.34. The van der Waals surface area contributed by atoms with Gasteiger partial charge in [-0.3, -0.25) is 4.79 Å². The van der Waals surface area contributed by atoms with Gasteiger partial charge in [0, 0.05) is 29.3 Å². The van der Waals surface area contributed by atoms with Crippen LogP contribution < -0.4 is 14.8 Å². The summed E-state index contributed by atoms with van der Waals surface area (Å²) in [6.45, 7) is 1.81. The van der Waals surface area contributed by atoms with Gasteiger partial charge < -0.3 is 19.5 Å². The molecule has 1 heterocycles. The molecule has 2 aliphatic rings. The van der Waals surface area contributed by atoms with E-state index in [1.54, 1.807) is 12.1 Å². The van der Waals surface area contributed by atoms with Crippen LogP contribution in [-0.4, -0.2) is 33.1 Å². The molecule has 1 atom stereocenters. The number of ketones is 1. The number of hydrogen-bond acceptors (Lipinski definition) is 6. The number of allylic oxidation sites excluding steroid dienone is 3. The minimum absolute atomic E-state index is 0.0218. The molecule has 1 aromatic carbocycles. The molecule has 144 valence electrons. The largest absolute Gasteiger partial charge is 0.493 e. The van der Waals surface area contributed by atoms with Crippen LogP contribution in [0.15, 0.2) is 34.7 Å². The number of carbonyl (C=O) groups excluding carboxylic acids is 2. The van der Waals surface area contributed by atoms with Crippen LogP contribution in [0.1, 0.15) is 37.7 Å². The Morgan fingerprint density at radius 1 is 1.19 bits per heavy atom. The number of methoxy groups -OCH3 is 3. The van der Waals surface area contributed by atoms with E-state index in [0.29, 0.717) is 45.3 Å². The van der Waals surface area contributed by atoms with E-state index >= 15 is 0 Å². The van der Waals surface area contributed by atoms with Crippen molar-refractivity contribution < 1.29 is 23.8 Å². The third kappa shape index (κ3) is 3.30. The van der Waals surface area contributed by atoms with Gasteiger partial charge in [0.15, 0.2) is 17.3 Å². The van der Waals surface area contributed by atoms with Gasteiger partial charge in [-0.15, -0.1) is 0 Å². The van der Waals surface area contributed by atoms with E-state index < -0.39 is 11.9 Å².